The van der Waals surface area contributed by atoms with Crippen molar-refractivity contribution >= 4 is 45.9 Å². The summed E-state index contributed by atoms with van der Waals surface area (Å²) in [5.41, 5.74) is 1.14. The van der Waals surface area contributed by atoms with Crippen molar-refractivity contribution in [2.75, 3.05) is 18.2 Å². The van der Waals surface area contributed by atoms with Crippen molar-refractivity contribution in [1.29, 1.82) is 0 Å². The number of amides is 1. The van der Waals surface area contributed by atoms with Gasteiger partial charge in [0.15, 0.2) is 5.16 Å². The summed E-state index contributed by atoms with van der Waals surface area (Å²) in [5, 5.41) is 3.55. The highest BCUT2D eigenvalue weighted by Crippen LogP contribution is 2.25. The van der Waals surface area contributed by atoms with Gasteiger partial charge < -0.3 is 10.1 Å². The maximum Gasteiger partial charge on any atom is 0.266 e. The van der Waals surface area contributed by atoms with E-state index in [2.05, 4.69) is 10.3 Å². The maximum atomic E-state index is 13.3. The van der Waals surface area contributed by atoms with Gasteiger partial charge in [-0.15, -0.1) is 0 Å². The molecule has 0 saturated carbocycles. The Morgan fingerprint density at radius 3 is 2.75 bits per heavy atom. The van der Waals surface area contributed by atoms with E-state index in [0.29, 0.717) is 33.2 Å². The molecule has 0 aliphatic carbocycles. The lowest BCUT2D eigenvalue weighted by Gasteiger charge is -2.14. The number of methoxy groups -OCH3 is 1. The molecule has 0 atom stereocenters. The molecule has 9 heteroatoms. The number of nitrogens with zero attached hydrogens (tertiary/aromatic N) is 2. The Morgan fingerprint density at radius 1 is 1.16 bits per heavy atom. The molecule has 1 heterocycles. The predicted octanol–water partition coefficient (Wildman–Crippen LogP) is 4.92. The quantitative estimate of drug-likeness (QED) is 0.320. The summed E-state index contributed by atoms with van der Waals surface area (Å²) in [7, 11) is 1.54. The number of carbonyl (C=O) groups is 1. The molecule has 32 heavy (non-hydrogen) atoms. The zero-order valence-electron chi connectivity index (χ0n) is 16.8. The van der Waals surface area contributed by atoms with Crippen LogP contribution in [-0.4, -0.2) is 28.3 Å². The molecule has 0 unspecified atom stereocenters. The first-order chi connectivity index (χ1) is 15.5. The smallest absolute Gasteiger partial charge is 0.266 e. The van der Waals surface area contributed by atoms with Crippen molar-refractivity contribution in [1.82, 2.24) is 9.55 Å². The SMILES string of the molecule is COc1cccc(-n2c(SCC(=O)Nc3ccc(F)cc3Cl)nc3ccccc3c2=O)c1. The molecular formula is C23H17ClFN3O3S. The molecule has 4 rings (SSSR count). The minimum Gasteiger partial charge on any atom is -0.497 e. The predicted molar refractivity (Wildman–Crippen MR) is 125 cm³/mol. The third-order valence-corrected chi connectivity index (χ3v) is 5.85. The molecule has 1 amide bonds. The Labute approximate surface area is 192 Å². The van der Waals surface area contributed by atoms with Crippen molar-refractivity contribution < 1.29 is 13.9 Å². The molecule has 0 radical (unpaired) electrons. The van der Waals surface area contributed by atoms with E-state index in [1.807, 2.05) is 0 Å². The van der Waals surface area contributed by atoms with Crippen molar-refractivity contribution in [3.63, 3.8) is 0 Å². The van der Waals surface area contributed by atoms with Crippen LogP contribution in [0.25, 0.3) is 16.6 Å². The second-order valence-electron chi connectivity index (χ2n) is 6.71. The Hall–Kier alpha value is -3.36. The number of aromatic nitrogens is 2. The zero-order chi connectivity index (χ0) is 22.7. The van der Waals surface area contributed by atoms with Gasteiger partial charge in [-0.25, -0.2) is 9.37 Å². The van der Waals surface area contributed by atoms with Crippen LogP contribution in [-0.2, 0) is 4.79 Å². The van der Waals surface area contributed by atoms with Crippen LogP contribution in [0.4, 0.5) is 10.1 Å². The Kier molecular flexibility index (Phi) is 6.43. The molecule has 0 spiro atoms. The molecule has 4 aromatic rings. The Balaban J connectivity index is 1.68. The summed E-state index contributed by atoms with van der Waals surface area (Å²) < 4.78 is 20.0. The number of nitrogens with one attached hydrogen (secondary N) is 1. The van der Waals surface area contributed by atoms with Crippen molar-refractivity contribution in [2.24, 2.45) is 0 Å². The summed E-state index contributed by atoms with van der Waals surface area (Å²) >= 11 is 7.08. The van der Waals surface area contributed by atoms with E-state index in [0.717, 1.165) is 17.8 Å². The molecule has 0 saturated heterocycles. The number of rotatable bonds is 6. The van der Waals surface area contributed by atoms with E-state index in [1.54, 1.807) is 55.6 Å². The number of fused-ring (bicyclic) bond motifs is 1. The van der Waals surface area contributed by atoms with E-state index in [4.69, 9.17) is 16.3 Å². The van der Waals surface area contributed by atoms with Gasteiger partial charge in [-0.05, 0) is 42.5 Å². The van der Waals surface area contributed by atoms with Crippen LogP contribution < -0.4 is 15.6 Å². The Morgan fingerprint density at radius 2 is 1.97 bits per heavy atom. The number of anilines is 1. The van der Waals surface area contributed by atoms with Gasteiger partial charge in [0.1, 0.15) is 11.6 Å². The summed E-state index contributed by atoms with van der Waals surface area (Å²) in [4.78, 5) is 30.4. The topological polar surface area (TPSA) is 73.2 Å². The highest BCUT2D eigenvalue weighted by molar-refractivity contribution is 7.99. The van der Waals surface area contributed by atoms with Gasteiger partial charge in [0.2, 0.25) is 5.91 Å². The molecule has 0 fully saturated rings. The van der Waals surface area contributed by atoms with Gasteiger partial charge in [0, 0.05) is 6.07 Å². The van der Waals surface area contributed by atoms with Crippen molar-refractivity contribution in [3.05, 3.63) is 87.9 Å². The van der Waals surface area contributed by atoms with Crippen LogP contribution >= 0.6 is 23.4 Å². The van der Waals surface area contributed by atoms with E-state index >= 15 is 0 Å². The van der Waals surface area contributed by atoms with Crippen LogP contribution in [0.15, 0.2) is 76.7 Å². The largest absolute Gasteiger partial charge is 0.497 e. The van der Waals surface area contributed by atoms with Crippen molar-refractivity contribution in [2.45, 2.75) is 5.16 Å². The third-order valence-electron chi connectivity index (χ3n) is 4.59. The fourth-order valence-corrected chi connectivity index (χ4v) is 4.12. The fourth-order valence-electron chi connectivity index (χ4n) is 3.09. The highest BCUT2D eigenvalue weighted by atomic mass is 35.5. The number of ether oxygens (including phenoxy) is 1. The van der Waals surface area contributed by atoms with Crippen LogP contribution in [0.3, 0.4) is 0 Å². The summed E-state index contributed by atoms with van der Waals surface area (Å²) in [6, 6.07) is 17.8. The lowest BCUT2D eigenvalue weighted by Crippen LogP contribution is -2.23. The molecular weight excluding hydrogens is 453 g/mol. The number of carbonyl (C=O) groups excluding carboxylic acids is 1. The van der Waals surface area contributed by atoms with Gasteiger partial charge in [-0.2, -0.15) is 0 Å². The van der Waals surface area contributed by atoms with E-state index in [-0.39, 0.29) is 22.2 Å². The van der Waals surface area contributed by atoms with Crippen LogP contribution in [0.2, 0.25) is 5.02 Å². The van der Waals surface area contributed by atoms with E-state index in [9.17, 15) is 14.0 Å². The summed E-state index contributed by atoms with van der Waals surface area (Å²) in [6.45, 7) is 0. The zero-order valence-corrected chi connectivity index (χ0v) is 18.4. The number of halogens is 2. The first kappa shape index (κ1) is 21.9. The lowest BCUT2D eigenvalue weighted by molar-refractivity contribution is -0.113. The molecule has 1 aromatic heterocycles. The fraction of sp³-hybridized carbons (Fsp3) is 0.0870. The first-order valence-electron chi connectivity index (χ1n) is 9.50. The van der Waals surface area contributed by atoms with Gasteiger partial charge in [0.05, 0.1) is 40.2 Å². The molecule has 1 N–H and O–H groups in total. The minimum absolute atomic E-state index is 0.0392. The van der Waals surface area contributed by atoms with E-state index in [1.165, 1.54) is 16.7 Å². The molecule has 6 nitrogen and oxygen atoms in total. The molecule has 0 bridgehead atoms. The number of para-hydroxylation sites is 1. The second-order valence-corrected chi connectivity index (χ2v) is 8.06. The normalized spacial score (nSPS) is 10.8. The average molecular weight is 470 g/mol. The van der Waals surface area contributed by atoms with E-state index < -0.39 is 5.82 Å². The van der Waals surface area contributed by atoms with Crippen LogP contribution in [0.5, 0.6) is 5.75 Å². The molecule has 0 aliphatic rings. The minimum atomic E-state index is -0.495. The Bertz CT molecular complexity index is 1380. The first-order valence-corrected chi connectivity index (χ1v) is 10.9. The summed E-state index contributed by atoms with van der Waals surface area (Å²) in [6.07, 6.45) is 0. The van der Waals surface area contributed by atoms with Gasteiger partial charge in [-0.1, -0.05) is 41.6 Å². The molecule has 3 aromatic carbocycles. The number of hydrogen-bond acceptors (Lipinski definition) is 5. The second kappa shape index (κ2) is 9.42. The van der Waals surface area contributed by atoms with Crippen molar-refractivity contribution in [3.8, 4) is 11.4 Å². The highest BCUT2D eigenvalue weighted by Gasteiger charge is 2.16. The lowest BCUT2D eigenvalue weighted by atomic mass is 10.2. The monoisotopic (exact) mass is 469 g/mol. The number of benzene rings is 3. The van der Waals surface area contributed by atoms with Crippen LogP contribution in [0.1, 0.15) is 0 Å². The molecule has 0 aliphatic heterocycles. The third kappa shape index (κ3) is 4.61. The maximum absolute atomic E-state index is 13.3. The standard InChI is InChI=1S/C23H17ClFN3O3S/c1-31-16-6-4-5-15(12-16)28-22(30)17-7-2-3-8-19(17)27-23(28)32-13-21(29)26-20-10-9-14(25)11-18(20)24/h2-12H,13H2,1H3,(H,26,29). The van der Waals surface area contributed by atoms with Gasteiger partial charge in [0.25, 0.3) is 5.56 Å². The van der Waals surface area contributed by atoms with Gasteiger partial charge >= 0.3 is 0 Å². The summed E-state index contributed by atoms with van der Waals surface area (Å²) in [5.74, 6) is -0.321. The van der Waals surface area contributed by atoms with Gasteiger partial charge in [-0.3, -0.25) is 14.2 Å². The number of hydrogen-bond donors (Lipinski definition) is 1. The van der Waals surface area contributed by atoms with Crippen LogP contribution in [0, 0.1) is 5.82 Å². The molecule has 162 valence electrons. The average Bonchev–Trinajstić information content (AvgIpc) is 2.79. The number of thioether (sulfide) groups is 1.